The predicted molar refractivity (Wildman–Crippen MR) is 165 cm³/mol. The predicted octanol–water partition coefficient (Wildman–Crippen LogP) is 5.23. The van der Waals surface area contributed by atoms with Gasteiger partial charge in [0, 0.05) is 30.7 Å². The van der Waals surface area contributed by atoms with E-state index in [4.69, 9.17) is 15.2 Å². The molecular formula is C33H48N2O7. The molecular weight excluding hydrogens is 536 g/mol. The molecule has 1 aliphatic rings. The first-order chi connectivity index (χ1) is 19.9. The average Bonchev–Trinajstić information content (AvgIpc) is 2.89. The van der Waals surface area contributed by atoms with E-state index in [0.717, 1.165) is 16.7 Å². The maximum absolute atomic E-state index is 12.6. The largest absolute Gasteiger partial charge is 0.458 e. The van der Waals surface area contributed by atoms with Crippen molar-refractivity contribution < 1.29 is 34.1 Å². The van der Waals surface area contributed by atoms with Crippen molar-refractivity contribution in [1.82, 2.24) is 5.32 Å². The van der Waals surface area contributed by atoms with Crippen LogP contribution in [0.15, 0.2) is 83.7 Å². The number of hydrogen-bond acceptors (Lipinski definition) is 7. The first-order valence-corrected chi connectivity index (χ1v) is 14.4. The second kappa shape index (κ2) is 20.2. The smallest absolute Gasteiger partial charge is 0.404 e. The number of primary amides is 1. The molecule has 0 fully saturated rings. The van der Waals surface area contributed by atoms with Crippen LogP contribution in [0.5, 0.6) is 0 Å². The zero-order chi connectivity index (χ0) is 31.5. The number of amides is 2. The van der Waals surface area contributed by atoms with E-state index in [1.165, 1.54) is 24.3 Å². The van der Waals surface area contributed by atoms with Gasteiger partial charge in [0.05, 0.1) is 6.10 Å². The van der Waals surface area contributed by atoms with Crippen molar-refractivity contribution in [2.45, 2.75) is 97.6 Å². The van der Waals surface area contributed by atoms with Crippen LogP contribution in [-0.2, 0) is 19.1 Å². The molecule has 0 bridgehead atoms. The summed E-state index contributed by atoms with van der Waals surface area (Å²) in [4.78, 5) is 35.8. The maximum Gasteiger partial charge on any atom is 0.404 e. The Morgan fingerprint density at radius 1 is 1.14 bits per heavy atom. The van der Waals surface area contributed by atoms with E-state index >= 15 is 0 Å². The summed E-state index contributed by atoms with van der Waals surface area (Å²) in [6.45, 7) is 9.54. The molecule has 9 heteroatoms. The van der Waals surface area contributed by atoms with E-state index in [1.54, 1.807) is 18.4 Å². The monoisotopic (exact) mass is 584 g/mol. The molecule has 0 spiro atoms. The number of ether oxygens (including phenoxy) is 2. The molecule has 0 radical (unpaired) electrons. The molecule has 0 saturated heterocycles. The minimum atomic E-state index is -1.11. The number of rotatable bonds is 6. The summed E-state index contributed by atoms with van der Waals surface area (Å²) in [5.41, 5.74) is 7.98. The summed E-state index contributed by atoms with van der Waals surface area (Å²) in [6.07, 6.45) is 17.3. The third-order valence-electron chi connectivity index (χ3n) is 6.33. The lowest BCUT2D eigenvalue weighted by Gasteiger charge is -2.22. The lowest BCUT2D eigenvalue weighted by molar-refractivity contribution is -0.144. The van der Waals surface area contributed by atoms with E-state index in [0.29, 0.717) is 38.5 Å². The van der Waals surface area contributed by atoms with Gasteiger partial charge in [-0.2, -0.15) is 0 Å². The van der Waals surface area contributed by atoms with Crippen molar-refractivity contribution >= 4 is 18.0 Å². The van der Waals surface area contributed by atoms with Gasteiger partial charge in [0.15, 0.2) is 0 Å². The van der Waals surface area contributed by atoms with Gasteiger partial charge >= 0.3 is 12.1 Å². The van der Waals surface area contributed by atoms with E-state index in [2.05, 4.69) is 5.32 Å². The van der Waals surface area contributed by atoms with Gasteiger partial charge in [-0.1, -0.05) is 66.2 Å². The minimum Gasteiger partial charge on any atom is -0.458 e. The number of esters is 1. The van der Waals surface area contributed by atoms with Gasteiger partial charge in [-0.05, 0) is 65.9 Å². The van der Waals surface area contributed by atoms with Crippen molar-refractivity contribution in [3.8, 4) is 0 Å². The Morgan fingerprint density at radius 3 is 2.57 bits per heavy atom. The molecule has 1 aliphatic heterocycles. The van der Waals surface area contributed by atoms with Crippen molar-refractivity contribution in [2.24, 2.45) is 11.7 Å². The summed E-state index contributed by atoms with van der Waals surface area (Å²) in [5.74, 6) is -0.764. The normalized spacial score (nSPS) is 27.8. The van der Waals surface area contributed by atoms with Crippen molar-refractivity contribution in [1.29, 1.82) is 0 Å². The Morgan fingerprint density at radius 2 is 1.88 bits per heavy atom. The SMILES string of the molecule is CC(C)=CC(=O)N/C=C/C(C)=C/[C@@H](C)[C@H]1C/C(C)=C/C=C/CC[C@@H](OC(N)=O)[C@H](O)/C=C/[C@H](O)CCC/C=C/C(=O)O1. The molecule has 0 aromatic rings. The molecule has 0 unspecified atom stereocenters. The molecule has 0 saturated carbocycles. The van der Waals surface area contributed by atoms with E-state index in [9.17, 15) is 24.6 Å². The Labute approximate surface area is 250 Å². The van der Waals surface area contributed by atoms with Gasteiger partial charge in [0.25, 0.3) is 0 Å². The highest BCUT2D eigenvalue weighted by molar-refractivity contribution is 5.88. The van der Waals surface area contributed by atoms with Gasteiger partial charge in [-0.15, -0.1) is 0 Å². The molecule has 0 aromatic heterocycles. The number of carbonyl (C=O) groups excluding carboxylic acids is 3. The molecule has 0 aliphatic carbocycles. The van der Waals surface area contributed by atoms with Crippen LogP contribution in [-0.4, -0.2) is 52.6 Å². The summed E-state index contributed by atoms with van der Waals surface area (Å²) >= 11 is 0. The van der Waals surface area contributed by atoms with Gasteiger partial charge in [-0.3, -0.25) is 4.79 Å². The molecule has 1 heterocycles. The molecule has 1 rings (SSSR count). The first kappa shape index (κ1) is 36.3. The molecule has 2 amide bonds. The standard InChI is InChI=1S/C33H48N2O7/c1-23(2)20-31(38)35-19-18-25(4)21-26(5)30-22-24(3)12-8-6-10-14-29(42-33(34)40)28(37)17-16-27(36)13-9-7-11-15-32(39)41-30/h6,8,11-12,15-21,26-30,36-37H,7,9-10,13-14,22H2,1-5H3,(H2,34,40)(H,35,38)/b8-6+,15-11+,17-16+,19-18+,24-12+,25-21+/t26-,27-,28-,29-,30-/m1/s1. The summed E-state index contributed by atoms with van der Waals surface area (Å²) in [7, 11) is 0. The Hall–Kier alpha value is -3.69. The lowest BCUT2D eigenvalue weighted by atomic mass is 9.95. The third-order valence-corrected chi connectivity index (χ3v) is 6.33. The summed E-state index contributed by atoms with van der Waals surface area (Å²) < 4.78 is 10.9. The van der Waals surface area contributed by atoms with E-state index in [-0.39, 0.29) is 11.8 Å². The maximum atomic E-state index is 12.6. The Balaban J connectivity index is 3.09. The van der Waals surface area contributed by atoms with Gasteiger partial charge in [-0.25, -0.2) is 9.59 Å². The van der Waals surface area contributed by atoms with Crippen molar-refractivity contribution in [3.05, 3.63) is 83.7 Å². The summed E-state index contributed by atoms with van der Waals surface area (Å²) in [5, 5.41) is 23.4. The number of hydrogen-bond donors (Lipinski definition) is 4. The highest BCUT2D eigenvalue weighted by Gasteiger charge is 2.21. The highest BCUT2D eigenvalue weighted by atomic mass is 16.6. The molecule has 9 nitrogen and oxygen atoms in total. The van der Waals surface area contributed by atoms with Gasteiger partial charge in [0.1, 0.15) is 18.3 Å². The van der Waals surface area contributed by atoms with Crippen LogP contribution in [0.2, 0.25) is 0 Å². The van der Waals surface area contributed by atoms with Crippen LogP contribution < -0.4 is 11.1 Å². The zero-order valence-electron chi connectivity index (χ0n) is 25.5. The Kier molecular flexibility index (Phi) is 17.5. The number of carbonyl (C=O) groups is 3. The van der Waals surface area contributed by atoms with E-state index < -0.39 is 36.5 Å². The van der Waals surface area contributed by atoms with Crippen LogP contribution in [0.1, 0.15) is 73.1 Å². The third kappa shape index (κ3) is 17.2. The first-order valence-electron chi connectivity index (χ1n) is 14.4. The van der Waals surface area contributed by atoms with Gasteiger partial charge < -0.3 is 30.7 Å². The van der Waals surface area contributed by atoms with Crippen LogP contribution in [0.3, 0.4) is 0 Å². The number of allylic oxidation sites excluding steroid dienone is 7. The van der Waals surface area contributed by atoms with E-state index in [1.807, 2.05) is 58.9 Å². The Bertz CT molecular complexity index is 1090. The molecule has 42 heavy (non-hydrogen) atoms. The van der Waals surface area contributed by atoms with Gasteiger partial charge in [0.2, 0.25) is 5.91 Å². The highest BCUT2D eigenvalue weighted by Crippen LogP contribution is 2.21. The number of aliphatic hydroxyl groups excluding tert-OH is 2. The minimum absolute atomic E-state index is 0.124. The average molecular weight is 585 g/mol. The van der Waals surface area contributed by atoms with Crippen LogP contribution in [0.25, 0.3) is 0 Å². The van der Waals surface area contributed by atoms with Crippen LogP contribution in [0, 0.1) is 5.92 Å². The number of nitrogens with one attached hydrogen (secondary N) is 1. The fourth-order valence-corrected chi connectivity index (χ4v) is 4.17. The van der Waals surface area contributed by atoms with Crippen LogP contribution >= 0.6 is 0 Å². The second-order valence-electron chi connectivity index (χ2n) is 10.8. The quantitative estimate of drug-likeness (QED) is 0.145. The van der Waals surface area contributed by atoms with Crippen LogP contribution in [0.4, 0.5) is 4.79 Å². The number of cyclic esters (lactones) is 1. The second-order valence-corrected chi connectivity index (χ2v) is 10.8. The topological polar surface area (TPSA) is 148 Å². The fourth-order valence-electron chi connectivity index (χ4n) is 4.17. The molecule has 5 N–H and O–H groups in total. The molecule has 5 atom stereocenters. The zero-order valence-corrected chi connectivity index (χ0v) is 25.5. The number of nitrogens with two attached hydrogens (primary N) is 1. The lowest BCUT2D eigenvalue weighted by Crippen LogP contribution is -2.32. The summed E-state index contributed by atoms with van der Waals surface area (Å²) in [6, 6.07) is 0. The number of aliphatic hydroxyl groups is 2. The van der Waals surface area contributed by atoms with Crippen molar-refractivity contribution in [3.63, 3.8) is 0 Å². The molecule has 232 valence electrons. The fraction of sp³-hybridized carbons (Fsp3) is 0.485. The molecule has 0 aromatic carbocycles. The van der Waals surface area contributed by atoms with Crippen molar-refractivity contribution in [2.75, 3.05) is 0 Å².